The molecule has 0 aliphatic heterocycles. The normalized spacial score (nSPS) is 0. The zero-order valence-electron chi connectivity index (χ0n) is 1.46. The first-order chi connectivity index (χ1) is 0. The van der Waals surface area contributed by atoms with Gasteiger partial charge in [-0.3, -0.25) is 0 Å². The molecule has 0 aliphatic rings. The van der Waals surface area contributed by atoms with E-state index in [1.54, 1.807) is 0 Å². The first kappa shape index (κ1) is 25.4. The van der Waals surface area contributed by atoms with Gasteiger partial charge in [0.1, 0.15) is 0 Å². The molecule has 0 aliphatic carbocycles. The summed E-state index contributed by atoms with van der Waals surface area (Å²) in [5.74, 6) is 0. The Kier molecular flexibility index (Phi) is 101. The molecule has 4 heavy (non-hydrogen) atoms. The van der Waals surface area contributed by atoms with Crippen molar-refractivity contribution in [2.24, 2.45) is 0 Å². The third kappa shape index (κ3) is 9.17. The predicted octanol–water partition coefficient (Wildman–Crippen LogP) is -0.0610. The molecule has 0 aromatic heterocycles. The summed E-state index contributed by atoms with van der Waals surface area (Å²) in [5, 5.41) is 0. The van der Waals surface area contributed by atoms with E-state index in [0.29, 0.717) is 0 Å². The van der Waals surface area contributed by atoms with Crippen molar-refractivity contribution in [3.05, 3.63) is 0 Å². The van der Waals surface area contributed by atoms with Gasteiger partial charge in [-0.15, -0.1) is 0 Å². The average Bonchev–Trinajstić information content (AvgIpc) is 0. The minimum absolute atomic E-state index is 0. The summed E-state index contributed by atoms with van der Waals surface area (Å²) in [5.41, 5.74) is 0. The molecule has 0 nitrogen and oxygen atoms in total. The summed E-state index contributed by atoms with van der Waals surface area (Å²) >= 11 is 0. The van der Waals surface area contributed by atoms with Gasteiger partial charge in [0.2, 0.25) is 0 Å². The Hall–Kier alpha value is 3.64. The van der Waals surface area contributed by atoms with Gasteiger partial charge in [-0.1, -0.05) is 0 Å². The van der Waals surface area contributed by atoms with Crippen LogP contribution in [0, 0.1) is 0 Å². The molecule has 0 atom stereocenters. The molecule has 4 radical (unpaired) electrons. The van der Waals surface area contributed by atoms with E-state index in [-0.39, 0.29) is 113 Å². The molecule has 0 aromatic rings. The molecule has 0 saturated heterocycles. The number of hydrogen-bond donors (Lipinski definition) is 0. The quantitative estimate of drug-likeness (QED) is 0.320. The van der Waals surface area contributed by atoms with E-state index >= 15 is 0 Å². The Morgan fingerprint density at radius 3 is 0.750 bits per heavy atom. The topological polar surface area (TPSA) is 0 Å². The van der Waals surface area contributed by atoms with Crippen LogP contribution in [0.2, 0.25) is 0 Å². The van der Waals surface area contributed by atoms with E-state index in [4.69, 9.17) is 0 Å². The molecule has 0 rings (SSSR count). The maximum atomic E-state index is 0. The van der Waals surface area contributed by atoms with Gasteiger partial charge in [0, 0.05) is 48.0 Å². The van der Waals surface area contributed by atoms with Crippen LogP contribution in [0.25, 0.3) is 0 Å². The summed E-state index contributed by atoms with van der Waals surface area (Å²) in [6.07, 6.45) is 0. The Labute approximate surface area is 110 Å². The molecule has 0 aromatic carbocycles. The van der Waals surface area contributed by atoms with Gasteiger partial charge in [0.15, 0.2) is 0 Å². The SMILES string of the molecule is [CaH2].[I].[I].[PbH2]. The van der Waals surface area contributed by atoms with Gasteiger partial charge in [0.05, 0.1) is 0 Å². The van der Waals surface area contributed by atoms with Gasteiger partial charge < -0.3 is 0 Å². The van der Waals surface area contributed by atoms with Gasteiger partial charge in [-0.05, 0) is 0 Å². The van der Waals surface area contributed by atoms with Gasteiger partial charge in [0.25, 0.3) is 0 Å². The second kappa shape index (κ2) is 15.9. The standard InChI is InChI=1S/Ca.2I.Pb.4H. The summed E-state index contributed by atoms with van der Waals surface area (Å²) in [6.45, 7) is 0. The van der Waals surface area contributed by atoms with Crippen molar-refractivity contribution in [3.8, 4) is 0 Å². The third-order valence-electron chi connectivity index (χ3n) is 0. The van der Waals surface area contributed by atoms with Crippen molar-refractivity contribution in [3.63, 3.8) is 0 Å². The molecule has 0 heterocycles. The van der Waals surface area contributed by atoms with Crippen LogP contribution in [0.3, 0.4) is 0 Å². The zero-order valence-corrected chi connectivity index (χ0v) is 11.3. The summed E-state index contributed by atoms with van der Waals surface area (Å²) < 4.78 is 0. The predicted molar refractivity (Wildman–Crippen MR) is 45.1 cm³/mol. The molecule has 4 heteroatoms. The fourth-order valence-electron chi connectivity index (χ4n) is 0. The van der Waals surface area contributed by atoms with Crippen molar-refractivity contribution in [1.82, 2.24) is 0 Å². The van der Waals surface area contributed by atoms with Gasteiger partial charge in [-0.2, -0.15) is 0 Å². The van der Waals surface area contributed by atoms with Crippen LogP contribution in [0.1, 0.15) is 0 Å². The third-order valence-corrected chi connectivity index (χ3v) is 0. The minimum atomic E-state index is 0. The molecule has 0 amide bonds. The molecular weight excluding hydrogens is 501 g/mol. The molecule has 0 spiro atoms. The maximum absolute atomic E-state index is 0. The Morgan fingerprint density at radius 2 is 0.750 bits per heavy atom. The molecule has 24 valence electrons. The van der Waals surface area contributed by atoms with Crippen molar-refractivity contribution in [1.29, 1.82) is 0 Å². The summed E-state index contributed by atoms with van der Waals surface area (Å²) in [7, 11) is 0. The fraction of sp³-hybridized carbons (Fsp3) is 0. The van der Waals surface area contributed by atoms with Crippen molar-refractivity contribution in [2.75, 3.05) is 0 Å². The number of halogens is 2. The number of rotatable bonds is 0. The first-order valence-electron chi connectivity index (χ1n) is 0. The van der Waals surface area contributed by atoms with E-state index in [0.717, 1.165) is 0 Å². The average molecular weight is 505 g/mol. The first-order valence-corrected chi connectivity index (χ1v) is 0. The summed E-state index contributed by atoms with van der Waals surface area (Å²) in [4.78, 5) is 0. The van der Waals surface area contributed by atoms with Crippen LogP contribution < -0.4 is 0 Å². The Bertz CT molecular complexity index is 6.00. The van der Waals surface area contributed by atoms with E-state index in [9.17, 15) is 0 Å². The second-order valence-corrected chi connectivity index (χ2v) is 0. The van der Waals surface area contributed by atoms with E-state index in [1.165, 1.54) is 0 Å². The molecule has 0 N–H and O–H groups in total. The zero-order chi connectivity index (χ0) is 0. The Morgan fingerprint density at radius 1 is 0.750 bits per heavy atom. The van der Waals surface area contributed by atoms with E-state index in [1.807, 2.05) is 0 Å². The molecule has 0 saturated carbocycles. The van der Waals surface area contributed by atoms with Gasteiger partial charge in [-0.25, -0.2) is 0 Å². The van der Waals surface area contributed by atoms with Crippen molar-refractivity contribution in [2.45, 2.75) is 0 Å². The molecular formula is H4CaI2Pb. The van der Waals surface area contributed by atoms with Crippen LogP contribution in [-0.2, 0) is 0 Å². The number of hydrogen-bond acceptors (Lipinski definition) is 0. The molecule has 0 fully saturated rings. The summed E-state index contributed by atoms with van der Waals surface area (Å²) in [6, 6.07) is 0. The molecule has 0 bridgehead atoms. The second-order valence-electron chi connectivity index (χ2n) is 0. The monoisotopic (exact) mass is 506 g/mol. The molecule has 0 unspecified atom stereocenters. The van der Waals surface area contributed by atoms with Crippen molar-refractivity contribution >= 4 is 113 Å². The van der Waals surface area contributed by atoms with Crippen LogP contribution in [-0.4, -0.2) is 65.0 Å². The van der Waals surface area contributed by atoms with Crippen molar-refractivity contribution < 1.29 is 0 Å². The van der Waals surface area contributed by atoms with Gasteiger partial charge >= 0.3 is 65.0 Å². The Balaban J connectivity index is 0. The van der Waals surface area contributed by atoms with E-state index in [2.05, 4.69) is 0 Å². The van der Waals surface area contributed by atoms with Crippen LogP contribution >= 0.6 is 48.0 Å². The van der Waals surface area contributed by atoms with Crippen LogP contribution in [0.15, 0.2) is 0 Å². The van der Waals surface area contributed by atoms with Crippen LogP contribution in [0.4, 0.5) is 0 Å². The van der Waals surface area contributed by atoms with Crippen LogP contribution in [0.5, 0.6) is 0 Å². The fourth-order valence-corrected chi connectivity index (χ4v) is 0. The van der Waals surface area contributed by atoms with E-state index < -0.39 is 0 Å².